The van der Waals surface area contributed by atoms with Crippen LogP contribution in [-0.2, 0) is 10.0 Å². The van der Waals surface area contributed by atoms with Crippen molar-refractivity contribution in [2.45, 2.75) is 4.90 Å². The molecule has 140 valence electrons. The number of sulfonamides is 1. The molecule has 0 unspecified atom stereocenters. The number of nitrogens with zero attached hydrogens (tertiary/aromatic N) is 2. The molecule has 0 radical (unpaired) electrons. The van der Waals surface area contributed by atoms with Gasteiger partial charge in [-0.1, -0.05) is 42.5 Å². The average molecular weight is 382 g/mol. The van der Waals surface area contributed by atoms with Gasteiger partial charge >= 0.3 is 0 Å². The van der Waals surface area contributed by atoms with Crippen molar-refractivity contribution in [2.75, 3.05) is 42.8 Å². The molecular formula is C21H23N3O2S. The number of hydrogen-bond acceptors (Lipinski definition) is 4. The van der Waals surface area contributed by atoms with E-state index >= 15 is 0 Å². The Labute approximate surface area is 160 Å². The van der Waals surface area contributed by atoms with Gasteiger partial charge in [-0.2, -0.15) is 0 Å². The lowest BCUT2D eigenvalue weighted by Gasteiger charge is -2.35. The number of nitrogens with one attached hydrogen (secondary N) is 1. The molecule has 3 aromatic rings. The van der Waals surface area contributed by atoms with Crippen LogP contribution in [0.5, 0.6) is 0 Å². The third-order valence-corrected chi connectivity index (χ3v) is 6.39. The van der Waals surface area contributed by atoms with Crippen molar-refractivity contribution in [1.82, 2.24) is 4.90 Å². The van der Waals surface area contributed by atoms with Gasteiger partial charge in [0.25, 0.3) is 10.0 Å². The molecule has 1 aliphatic heterocycles. The van der Waals surface area contributed by atoms with Crippen molar-refractivity contribution in [1.29, 1.82) is 0 Å². The normalized spacial score (nSPS) is 15.8. The third kappa shape index (κ3) is 3.77. The van der Waals surface area contributed by atoms with Gasteiger partial charge in [-0.25, -0.2) is 8.42 Å². The SMILES string of the molecule is CN1CCN(c2cc(NS(=O)(=O)c3ccccc3)cc3ccccc23)CC1. The van der Waals surface area contributed by atoms with Gasteiger partial charge in [0.05, 0.1) is 10.6 Å². The Morgan fingerprint density at radius 3 is 2.26 bits per heavy atom. The van der Waals surface area contributed by atoms with Crippen LogP contribution in [0.3, 0.4) is 0 Å². The van der Waals surface area contributed by atoms with Crippen molar-refractivity contribution >= 4 is 32.2 Å². The summed E-state index contributed by atoms with van der Waals surface area (Å²) in [6.07, 6.45) is 0. The summed E-state index contributed by atoms with van der Waals surface area (Å²) in [5, 5.41) is 2.17. The van der Waals surface area contributed by atoms with Crippen LogP contribution < -0.4 is 9.62 Å². The summed E-state index contributed by atoms with van der Waals surface area (Å²) in [4.78, 5) is 4.91. The van der Waals surface area contributed by atoms with Crippen LogP contribution in [0.15, 0.2) is 71.6 Å². The average Bonchev–Trinajstić information content (AvgIpc) is 2.68. The van der Waals surface area contributed by atoms with E-state index in [-0.39, 0.29) is 4.90 Å². The second kappa shape index (κ2) is 7.21. The van der Waals surface area contributed by atoms with Gasteiger partial charge in [0, 0.05) is 37.3 Å². The zero-order valence-corrected chi connectivity index (χ0v) is 16.1. The molecule has 5 nitrogen and oxygen atoms in total. The van der Waals surface area contributed by atoms with Gasteiger partial charge < -0.3 is 9.80 Å². The molecule has 0 atom stereocenters. The maximum absolute atomic E-state index is 12.7. The van der Waals surface area contributed by atoms with E-state index in [4.69, 9.17) is 0 Å². The van der Waals surface area contributed by atoms with E-state index in [1.807, 2.05) is 30.3 Å². The minimum atomic E-state index is -3.61. The number of piperazine rings is 1. The van der Waals surface area contributed by atoms with E-state index < -0.39 is 10.0 Å². The molecule has 3 aromatic carbocycles. The van der Waals surface area contributed by atoms with E-state index in [0.29, 0.717) is 5.69 Å². The fourth-order valence-corrected chi connectivity index (χ4v) is 4.53. The van der Waals surface area contributed by atoms with Crippen LogP contribution in [0.4, 0.5) is 11.4 Å². The van der Waals surface area contributed by atoms with Gasteiger partial charge in [-0.05, 0) is 36.7 Å². The zero-order chi connectivity index (χ0) is 18.9. The Balaban J connectivity index is 1.74. The molecule has 1 saturated heterocycles. The first-order chi connectivity index (χ1) is 13.0. The summed E-state index contributed by atoms with van der Waals surface area (Å²) in [6.45, 7) is 3.84. The molecule has 1 heterocycles. The van der Waals surface area contributed by atoms with Crippen molar-refractivity contribution in [3.05, 3.63) is 66.7 Å². The van der Waals surface area contributed by atoms with Crippen LogP contribution in [0.2, 0.25) is 0 Å². The number of benzene rings is 3. The smallest absolute Gasteiger partial charge is 0.261 e. The summed E-state index contributed by atoms with van der Waals surface area (Å²) in [5.41, 5.74) is 1.67. The highest BCUT2D eigenvalue weighted by atomic mass is 32.2. The van der Waals surface area contributed by atoms with Crippen LogP contribution in [-0.4, -0.2) is 46.5 Å². The summed E-state index contributed by atoms with van der Waals surface area (Å²) < 4.78 is 28.2. The largest absolute Gasteiger partial charge is 0.368 e. The second-order valence-electron chi connectivity index (χ2n) is 6.93. The first-order valence-corrected chi connectivity index (χ1v) is 10.6. The minimum Gasteiger partial charge on any atom is -0.368 e. The molecule has 1 fully saturated rings. The molecule has 0 bridgehead atoms. The van der Waals surface area contributed by atoms with Gasteiger partial charge in [-0.15, -0.1) is 0 Å². The number of hydrogen-bond donors (Lipinski definition) is 1. The molecule has 0 saturated carbocycles. The molecule has 0 spiro atoms. The molecule has 1 N–H and O–H groups in total. The number of anilines is 2. The van der Waals surface area contributed by atoms with Crippen molar-refractivity contribution in [3.8, 4) is 0 Å². The highest BCUT2D eigenvalue weighted by Gasteiger charge is 2.19. The topological polar surface area (TPSA) is 52.6 Å². The summed E-state index contributed by atoms with van der Waals surface area (Å²) in [7, 11) is -1.49. The van der Waals surface area contributed by atoms with E-state index in [0.717, 1.165) is 42.6 Å². The standard InChI is InChI=1S/C21H23N3O2S/c1-23-11-13-24(14-12-23)21-16-18(15-17-7-5-6-10-20(17)21)22-27(25,26)19-8-3-2-4-9-19/h2-10,15-16,22H,11-14H2,1H3. The van der Waals surface area contributed by atoms with Gasteiger partial charge in [0.1, 0.15) is 0 Å². The first kappa shape index (κ1) is 17.8. The predicted octanol–water partition coefficient (Wildman–Crippen LogP) is 3.39. The van der Waals surface area contributed by atoms with E-state index in [1.54, 1.807) is 30.3 Å². The van der Waals surface area contributed by atoms with Crippen molar-refractivity contribution in [3.63, 3.8) is 0 Å². The Hall–Kier alpha value is -2.57. The predicted molar refractivity (Wildman–Crippen MR) is 111 cm³/mol. The van der Waals surface area contributed by atoms with Gasteiger partial charge in [0.2, 0.25) is 0 Å². The lowest BCUT2D eigenvalue weighted by Crippen LogP contribution is -2.44. The molecule has 0 aromatic heterocycles. The number of rotatable bonds is 4. The van der Waals surface area contributed by atoms with E-state index in [2.05, 4.69) is 27.6 Å². The Morgan fingerprint density at radius 2 is 1.52 bits per heavy atom. The lowest BCUT2D eigenvalue weighted by atomic mass is 10.1. The second-order valence-corrected chi connectivity index (χ2v) is 8.61. The molecule has 4 rings (SSSR count). The monoisotopic (exact) mass is 381 g/mol. The molecule has 27 heavy (non-hydrogen) atoms. The summed E-state index contributed by atoms with van der Waals surface area (Å²) in [6, 6.07) is 20.4. The highest BCUT2D eigenvalue weighted by molar-refractivity contribution is 7.92. The van der Waals surface area contributed by atoms with E-state index in [9.17, 15) is 8.42 Å². The molecule has 1 aliphatic rings. The molecule has 0 amide bonds. The maximum Gasteiger partial charge on any atom is 0.261 e. The Bertz CT molecular complexity index is 1040. The summed E-state index contributed by atoms with van der Waals surface area (Å²) >= 11 is 0. The fraction of sp³-hybridized carbons (Fsp3) is 0.238. The first-order valence-electron chi connectivity index (χ1n) is 9.07. The van der Waals surface area contributed by atoms with Gasteiger partial charge in [-0.3, -0.25) is 4.72 Å². The zero-order valence-electron chi connectivity index (χ0n) is 15.3. The third-order valence-electron chi connectivity index (χ3n) is 4.99. The van der Waals surface area contributed by atoms with Gasteiger partial charge in [0.15, 0.2) is 0 Å². The quantitative estimate of drug-likeness (QED) is 0.753. The summed E-state index contributed by atoms with van der Waals surface area (Å²) in [5.74, 6) is 0. The Kier molecular flexibility index (Phi) is 4.76. The molecular weight excluding hydrogens is 358 g/mol. The Morgan fingerprint density at radius 1 is 0.852 bits per heavy atom. The minimum absolute atomic E-state index is 0.263. The van der Waals surface area contributed by atoms with E-state index in [1.165, 1.54) is 0 Å². The van der Waals surface area contributed by atoms with Crippen molar-refractivity contribution in [2.24, 2.45) is 0 Å². The maximum atomic E-state index is 12.7. The number of likely N-dealkylation sites (N-methyl/N-ethyl adjacent to an activating group) is 1. The number of fused-ring (bicyclic) bond motifs is 1. The van der Waals surface area contributed by atoms with Crippen LogP contribution in [0.25, 0.3) is 10.8 Å². The highest BCUT2D eigenvalue weighted by Crippen LogP contribution is 2.32. The lowest BCUT2D eigenvalue weighted by molar-refractivity contribution is 0.313. The van der Waals surface area contributed by atoms with Crippen LogP contribution >= 0.6 is 0 Å². The van der Waals surface area contributed by atoms with Crippen LogP contribution in [0, 0.1) is 0 Å². The molecule has 0 aliphatic carbocycles. The van der Waals surface area contributed by atoms with Crippen LogP contribution in [0.1, 0.15) is 0 Å². The fourth-order valence-electron chi connectivity index (χ4n) is 3.47. The van der Waals surface area contributed by atoms with Crippen molar-refractivity contribution < 1.29 is 8.42 Å². The molecule has 6 heteroatoms.